The molecular weight excluding hydrogens is 232 g/mol. The smallest absolute Gasteiger partial charge is 0.306 e. The van der Waals surface area contributed by atoms with Crippen LogP contribution in [0.1, 0.15) is 51.4 Å². The number of carbonyl (C=O) groups is 2. The van der Waals surface area contributed by atoms with Crippen molar-refractivity contribution in [3.8, 4) is 0 Å². The highest BCUT2D eigenvalue weighted by Crippen LogP contribution is 2.47. The molecule has 0 aromatic carbocycles. The van der Waals surface area contributed by atoms with Crippen molar-refractivity contribution in [1.29, 1.82) is 0 Å². The van der Waals surface area contributed by atoms with E-state index in [1.807, 2.05) is 0 Å². The molecule has 0 heterocycles. The Kier molecular flexibility index (Phi) is 4.25. The maximum absolute atomic E-state index is 11.2. The molecule has 0 radical (unpaired) electrons. The van der Waals surface area contributed by atoms with Crippen molar-refractivity contribution in [2.45, 2.75) is 51.4 Å². The molecule has 0 aromatic heterocycles. The predicted octanol–water partition coefficient (Wildman–Crippen LogP) is 2.77. The fraction of sp³-hybridized carbons (Fsp3) is 0.857. The van der Waals surface area contributed by atoms with E-state index in [4.69, 9.17) is 5.11 Å². The third kappa shape index (κ3) is 3.24. The van der Waals surface area contributed by atoms with Crippen LogP contribution in [0.4, 0.5) is 0 Å². The summed E-state index contributed by atoms with van der Waals surface area (Å²) in [5.74, 6) is -1.93. The summed E-state index contributed by atoms with van der Waals surface area (Å²) in [5.41, 5.74) is 0. The SMILES string of the molecule is O=C(O)C(CCC1CCCCC1)C1CC1C(=O)O. The second kappa shape index (κ2) is 5.72. The highest BCUT2D eigenvalue weighted by Gasteiger charge is 2.50. The molecular formula is C14H22O4. The van der Waals surface area contributed by atoms with Crippen LogP contribution in [-0.4, -0.2) is 22.2 Å². The quantitative estimate of drug-likeness (QED) is 0.764. The minimum Gasteiger partial charge on any atom is -0.481 e. The molecule has 0 spiro atoms. The lowest BCUT2D eigenvalue weighted by Gasteiger charge is -2.23. The molecule has 3 atom stereocenters. The van der Waals surface area contributed by atoms with Gasteiger partial charge in [-0.1, -0.05) is 32.1 Å². The number of carboxylic acids is 2. The molecule has 4 nitrogen and oxygen atoms in total. The van der Waals surface area contributed by atoms with Crippen molar-refractivity contribution in [2.75, 3.05) is 0 Å². The van der Waals surface area contributed by atoms with E-state index in [9.17, 15) is 14.7 Å². The number of aliphatic carboxylic acids is 2. The summed E-state index contributed by atoms with van der Waals surface area (Å²) in [4.78, 5) is 22.0. The number of hydrogen-bond acceptors (Lipinski definition) is 2. The summed E-state index contributed by atoms with van der Waals surface area (Å²) in [6.07, 6.45) is 8.46. The zero-order chi connectivity index (χ0) is 13.1. The minimum atomic E-state index is -0.830. The number of carboxylic acid groups (broad SMARTS) is 2. The zero-order valence-corrected chi connectivity index (χ0v) is 10.7. The first-order valence-electron chi connectivity index (χ1n) is 7.05. The maximum Gasteiger partial charge on any atom is 0.306 e. The number of rotatable bonds is 6. The van der Waals surface area contributed by atoms with E-state index in [2.05, 4.69) is 0 Å². The van der Waals surface area contributed by atoms with Crippen molar-refractivity contribution in [3.05, 3.63) is 0 Å². The van der Waals surface area contributed by atoms with Crippen LogP contribution in [0.3, 0.4) is 0 Å². The van der Waals surface area contributed by atoms with Gasteiger partial charge in [-0.05, 0) is 31.1 Å². The average Bonchev–Trinajstić information content (AvgIpc) is 3.10. The molecule has 0 amide bonds. The molecule has 0 aromatic rings. The summed E-state index contributed by atoms with van der Waals surface area (Å²) < 4.78 is 0. The number of hydrogen-bond donors (Lipinski definition) is 2. The van der Waals surface area contributed by atoms with E-state index in [1.165, 1.54) is 32.1 Å². The molecule has 0 saturated heterocycles. The molecule has 0 bridgehead atoms. The van der Waals surface area contributed by atoms with Gasteiger partial charge < -0.3 is 10.2 Å². The summed E-state index contributed by atoms with van der Waals surface area (Å²) in [5, 5.41) is 18.1. The second-order valence-corrected chi connectivity index (χ2v) is 5.87. The van der Waals surface area contributed by atoms with Crippen LogP contribution in [-0.2, 0) is 9.59 Å². The van der Waals surface area contributed by atoms with Gasteiger partial charge in [-0.3, -0.25) is 9.59 Å². The van der Waals surface area contributed by atoms with Crippen LogP contribution in [0.25, 0.3) is 0 Å². The average molecular weight is 254 g/mol. The van der Waals surface area contributed by atoms with Crippen molar-refractivity contribution >= 4 is 11.9 Å². The Morgan fingerprint density at radius 3 is 2.28 bits per heavy atom. The summed E-state index contributed by atoms with van der Waals surface area (Å²) in [6, 6.07) is 0. The highest BCUT2D eigenvalue weighted by atomic mass is 16.4. The lowest BCUT2D eigenvalue weighted by atomic mass is 9.83. The van der Waals surface area contributed by atoms with E-state index < -0.39 is 23.8 Å². The maximum atomic E-state index is 11.2. The first kappa shape index (κ1) is 13.4. The van der Waals surface area contributed by atoms with Gasteiger partial charge in [0.25, 0.3) is 0 Å². The van der Waals surface area contributed by atoms with Crippen molar-refractivity contribution in [1.82, 2.24) is 0 Å². The lowest BCUT2D eigenvalue weighted by Crippen LogP contribution is -2.20. The first-order chi connectivity index (χ1) is 8.59. The van der Waals surface area contributed by atoms with Gasteiger partial charge in [0.05, 0.1) is 11.8 Å². The molecule has 2 saturated carbocycles. The van der Waals surface area contributed by atoms with Gasteiger partial charge in [0, 0.05) is 0 Å². The Bertz CT molecular complexity index is 320. The fourth-order valence-electron chi connectivity index (χ4n) is 3.36. The van der Waals surface area contributed by atoms with Gasteiger partial charge in [0.1, 0.15) is 0 Å². The standard InChI is InChI=1S/C14H22O4/c15-13(16)10(11-8-12(11)14(17)18)7-6-9-4-2-1-3-5-9/h9-12H,1-8H2,(H,15,16)(H,17,18). The lowest BCUT2D eigenvalue weighted by molar-refractivity contribution is -0.143. The molecule has 2 aliphatic rings. The van der Waals surface area contributed by atoms with E-state index in [1.54, 1.807) is 0 Å². The zero-order valence-electron chi connectivity index (χ0n) is 10.7. The van der Waals surface area contributed by atoms with Gasteiger partial charge in [-0.25, -0.2) is 0 Å². The van der Waals surface area contributed by atoms with E-state index in [-0.39, 0.29) is 5.92 Å². The highest BCUT2D eigenvalue weighted by molar-refractivity contribution is 5.77. The van der Waals surface area contributed by atoms with E-state index in [0.29, 0.717) is 18.8 Å². The summed E-state index contributed by atoms with van der Waals surface area (Å²) >= 11 is 0. The largest absolute Gasteiger partial charge is 0.481 e. The molecule has 102 valence electrons. The normalized spacial score (nSPS) is 29.8. The third-order valence-corrected chi connectivity index (χ3v) is 4.60. The van der Waals surface area contributed by atoms with Crippen LogP contribution in [0, 0.1) is 23.7 Å². The molecule has 2 aliphatic carbocycles. The van der Waals surface area contributed by atoms with Crippen LogP contribution in [0.5, 0.6) is 0 Å². The Balaban J connectivity index is 1.80. The van der Waals surface area contributed by atoms with Crippen LogP contribution in [0.2, 0.25) is 0 Å². The summed E-state index contributed by atoms with van der Waals surface area (Å²) in [7, 11) is 0. The fourth-order valence-corrected chi connectivity index (χ4v) is 3.36. The summed E-state index contributed by atoms with van der Waals surface area (Å²) in [6.45, 7) is 0. The van der Waals surface area contributed by atoms with Gasteiger partial charge in [0.15, 0.2) is 0 Å². The van der Waals surface area contributed by atoms with Crippen LogP contribution in [0.15, 0.2) is 0 Å². The van der Waals surface area contributed by atoms with Gasteiger partial charge >= 0.3 is 11.9 Å². The predicted molar refractivity (Wildman–Crippen MR) is 66.2 cm³/mol. The van der Waals surface area contributed by atoms with Crippen LogP contribution < -0.4 is 0 Å². The van der Waals surface area contributed by atoms with Crippen molar-refractivity contribution in [2.24, 2.45) is 23.7 Å². The second-order valence-electron chi connectivity index (χ2n) is 5.87. The topological polar surface area (TPSA) is 74.6 Å². The molecule has 4 heteroatoms. The van der Waals surface area contributed by atoms with Crippen molar-refractivity contribution < 1.29 is 19.8 Å². The monoisotopic (exact) mass is 254 g/mol. The minimum absolute atomic E-state index is 0.122. The Labute approximate surface area is 107 Å². The Morgan fingerprint density at radius 2 is 1.78 bits per heavy atom. The molecule has 2 fully saturated rings. The van der Waals surface area contributed by atoms with Gasteiger partial charge in [-0.15, -0.1) is 0 Å². The van der Waals surface area contributed by atoms with Gasteiger partial charge in [0.2, 0.25) is 0 Å². The Hall–Kier alpha value is -1.06. The first-order valence-corrected chi connectivity index (χ1v) is 7.05. The van der Waals surface area contributed by atoms with Crippen molar-refractivity contribution in [3.63, 3.8) is 0 Å². The van der Waals surface area contributed by atoms with Gasteiger partial charge in [-0.2, -0.15) is 0 Å². The molecule has 18 heavy (non-hydrogen) atoms. The van der Waals surface area contributed by atoms with Crippen LogP contribution >= 0.6 is 0 Å². The molecule has 0 aliphatic heterocycles. The molecule has 3 unspecified atom stereocenters. The third-order valence-electron chi connectivity index (χ3n) is 4.60. The van der Waals surface area contributed by atoms with E-state index >= 15 is 0 Å². The van der Waals surface area contributed by atoms with E-state index in [0.717, 1.165) is 6.42 Å². The molecule has 2 rings (SSSR count). The molecule has 2 N–H and O–H groups in total. The Morgan fingerprint density at radius 1 is 1.11 bits per heavy atom.